The van der Waals surface area contributed by atoms with Gasteiger partial charge in [-0.25, -0.2) is 4.79 Å². The van der Waals surface area contributed by atoms with E-state index in [2.05, 4.69) is 5.32 Å². The number of carbonyl (C=O) groups excluding carboxylic acids is 2. The Morgan fingerprint density at radius 2 is 1.56 bits per heavy atom. The van der Waals surface area contributed by atoms with Crippen LogP contribution in [0.5, 0.6) is 5.75 Å². The topological polar surface area (TPSA) is 81.4 Å². The van der Waals surface area contributed by atoms with Crippen molar-refractivity contribution in [2.45, 2.75) is 6.10 Å². The maximum atomic E-state index is 12.4. The minimum Gasteiger partial charge on any atom is -0.475 e. The first-order valence-corrected chi connectivity index (χ1v) is 7.93. The zero-order chi connectivity index (χ0) is 17.8. The Bertz CT molecular complexity index is 928. The number of carbonyl (C=O) groups is 2. The molecular formula is C19H15ClN2O3. The summed E-state index contributed by atoms with van der Waals surface area (Å²) in [4.78, 5) is 23.5. The van der Waals surface area contributed by atoms with E-state index in [-0.39, 0.29) is 0 Å². The summed E-state index contributed by atoms with van der Waals surface area (Å²) >= 11 is 6.22. The second-order valence-corrected chi connectivity index (χ2v) is 5.76. The van der Waals surface area contributed by atoms with Gasteiger partial charge in [0.1, 0.15) is 5.75 Å². The Balaban J connectivity index is 2.03. The van der Waals surface area contributed by atoms with Gasteiger partial charge in [-0.1, -0.05) is 66.2 Å². The molecule has 0 aliphatic carbocycles. The van der Waals surface area contributed by atoms with Crippen LogP contribution in [0.3, 0.4) is 0 Å². The molecule has 5 nitrogen and oxygen atoms in total. The quantitative estimate of drug-likeness (QED) is 0.747. The minimum atomic E-state index is -1.03. The van der Waals surface area contributed by atoms with Crippen molar-refractivity contribution < 1.29 is 14.3 Å². The molecule has 1 unspecified atom stereocenters. The van der Waals surface area contributed by atoms with Crippen molar-refractivity contribution >= 4 is 34.3 Å². The standard InChI is InChI=1S/C19H15ClN2O3/c20-15-10-11-16(14-9-5-4-8-13(14)15)25-17(18(23)22-19(21)24)12-6-2-1-3-7-12/h1-11,17H,(H3,21,22,23,24). The molecule has 3 rings (SSSR count). The Morgan fingerprint density at radius 3 is 2.24 bits per heavy atom. The molecule has 0 heterocycles. The number of rotatable bonds is 4. The van der Waals surface area contributed by atoms with E-state index in [1.54, 1.807) is 36.4 Å². The second kappa shape index (κ2) is 7.23. The van der Waals surface area contributed by atoms with E-state index in [0.717, 1.165) is 10.8 Å². The van der Waals surface area contributed by atoms with E-state index < -0.39 is 18.0 Å². The molecule has 3 N–H and O–H groups in total. The van der Waals surface area contributed by atoms with Crippen molar-refractivity contribution in [2.24, 2.45) is 5.73 Å². The van der Waals surface area contributed by atoms with Crippen molar-refractivity contribution in [3.63, 3.8) is 0 Å². The van der Waals surface area contributed by atoms with E-state index in [9.17, 15) is 9.59 Å². The molecule has 6 heteroatoms. The molecule has 0 spiro atoms. The number of nitrogens with two attached hydrogens (primary N) is 1. The lowest BCUT2D eigenvalue weighted by Gasteiger charge is -2.19. The predicted molar refractivity (Wildman–Crippen MR) is 96.5 cm³/mol. The van der Waals surface area contributed by atoms with Crippen LogP contribution in [0.15, 0.2) is 66.7 Å². The van der Waals surface area contributed by atoms with Gasteiger partial charge in [0.15, 0.2) is 0 Å². The zero-order valence-corrected chi connectivity index (χ0v) is 13.9. The molecule has 0 radical (unpaired) electrons. The SMILES string of the molecule is NC(=O)NC(=O)C(Oc1ccc(Cl)c2ccccc12)c1ccccc1. The number of fused-ring (bicyclic) bond motifs is 1. The van der Waals surface area contributed by atoms with E-state index in [1.807, 2.05) is 30.3 Å². The lowest BCUT2D eigenvalue weighted by atomic mass is 10.1. The van der Waals surface area contributed by atoms with E-state index >= 15 is 0 Å². The summed E-state index contributed by atoms with van der Waals surface area (Å²) < 4.78 is 5.95. The lowest BCUT2D eigenvalue weighted by Crippen LogP contribution is -2.40. The number of halogens is 1. The normalized spacial score (nSPS) is 11.7. The summed E-state index contributed by atoms with van der Waals surface area (Å²) in [5.74, 6) is -0.161. The summed E-state index contributed by atoms with van der Waals surface area (Å²) in [5.41, 5.74) is 5.67. The fraction of sp³-hybridized carbons (Fsp3) is 0.0526. The van der Waals surface area contributed by atoms with Crippen LogP contribution >= 0.6 is 11.6 Å². The number of nitrogens with one attached hydrogen (secondary N) is 1. The summed E-state index contributed by atoms with van der Waals surface area (Å²) in [6.07, 6.45) is -1.03. The van der Waals surface area contributed by atoms with Gasteiger partial charge < -0.3 is 10.5 Å². The third-order valence-corrected chi connectivity index (χ3v) is 3.99. The second-order valence-electron chi connectivity index (χ2n) is 5.35. The maximum absolute atomic E-state index is 12.4. The maximum Gasteiger partial charge on any atom is 0.318 e. The Labute approximate surface area is 149 Å². The average molecular weight is 355 g/mol. The highest BCUT2D eigenvalue weighted by atomic mass is 35.5. The van der Waals surface area contributed by atoms with Crippen molar-refractivity contribution in [3.05, 3.63) is 77.3 Å². The summed E-state index contributed by atoms with van der Waals surface area (Å²) in [6, 6.07) is 18.8. The number of primary amides is 1. The fourth-order valence-corrected chi connectivity index (χ4v) is 2.78. The third-order valence-electron chi connectivity index (χ3n) is 3.66. The summed E-state index contributed by atoms with van der Waals surface area (Å²) in [7, 11) is 0. The number of hydrogen-bond donors (Lipinski definition) is 2. The van der Waals surface area contributed by atoms with Gasteiger partial charge in [0.25, 0.3) is 5.91 Å². The Kier molecular flexibility index (Phi) is 4.86. The molecule has 0 bridgehead atoms. The number of amides is 3. The molecule has 0 saturated carbocycles. The molecule has 0 aliphatic heterocycles. The Hall–Kier alpha value is -3.05. The molecule has 126 valence electrons. The first kappa shape index (κ1) is 16.8. The largest absolute Gasteiger partial charge is 0.475 e. The molecule has 0 aliphatic rings. The van der Waals surface area contributed by atoms with Gasteiger partial charge in [0.05, 0.1) is 0 Å². The zero-order valence-electron chi connectivity index (χ0n) is 13.1. The molecule has 3 aromatic rings. The minimum absolute atomic E-state index is 0.480. The van der Waals surface area contributed by atoms with Gasteiger partial charge in [-0.05, 0) is 12.1 Å². The van der Waals surface area contributed by atoms with Crippen LogP contribution in [0.2, 0.25) is 5.02 Å². The lowest BCUT2D eigenvalue weighted by molar-refractivity contribution is -0.127. The van der Waals surface area contributed by atoms with Crippen LogP contribution in [0.1, 0.15) is 11.7 Å². The number of urea groups is 1. The van der Waals surface area contributed by atoms with Crippen molar-refractivity contribution in [1.29, 1.82) is 0 Å². The van der Waals surface area contributed by atoms with E-state index in [1.165, 1.54) is 0 Å². The molecule has 3 amide bonds. The molecule has 25 heavy (non-hydrogen) atoms. The van der Waals surface area contributed by atoms with Gasteiger partial charge >= 0.3 is 6.03 Å². The van der Waals surface area contributed by atoms with Crippen LogP contribution in [0, 0.1) is 0 Å². The Morgan fingerprint density at radius 1 is 0.920 bits per heavy atom. The first-order chi connectivity index (χ1) is 12.1. The molecule has 0 fully saturated rings. The monoisotopic (exact) mass is 354 g/mol. The number of hydrogen-bond acceptors (Lipinski definition) is 3. The number of ether oxygens (including phenoxy) is 1. The first-order valence-electron chi connectivity index (χ1n) is 7.55. The van der Waals surface area contributed by atoms with Crippen molar-refractivity contribution in [3.8, 4) is 5.75 Å². The van der Waals surface area contributed by atoms with Crippen LogP contribution in [0.25, 0.3) is 10.8 Å². The fourth-order valence-electron chi connectivity index (χ4n) is 2.55. The number of imide groups is 1. The van der Waals surface area contributed by atoms with Crippen LogP contribution in [0.4, 0.5) is 4.79 Å². The van der Waals surface area contributed by atoms with Gasteiger partial charge in [-0.3, -0.25) is 10.1 Å². The highest BCUT2D eigenvalue weighted by Crippen LogP contribution is 2.34. The van der Waals surface area contributed by atoms with Gasteiger partial charge in [0, 0.05) is 21.4 Å². The molecular weight excluding hydrogens is 340 g/mol. The summed E-state index contributed by atoms with van der Waals surface area (Å²) in [5, 5.41) is 4.23. The average Bonchev–Trinajstić information content (AvgIpc) is 2.61. The van der Waals surface area contributed by atoms with E-state index in [4.69, 9.17) is 22.1 Å². The van der Waals surface area contributed by atoms with Gasteiger partial charge in [-0.2, -0.15) is 0 Å². The smallest absolute Gasteiger partial charge is 0.318 e. The van der Waals surface area contributed by atoms with E-state index in [0.29, 0.717) is 16.3 Å². The summed E-state index contributed by atoms with van der Waals surface area (Å²) in [6.45, 7) is 0. The van der Waals surface area contributed by atoms with Crippen molar-refractivity contribution in [1.82, 2.24) is 5.32 Å². The van der Waals surface area contributed by atoms with Crippen LogP contribution < -0.4 is 15.8 Å². The van der Waals surface area contributed by atoms with Gasteiger partial charge in [0.2, 0.25) is 6.10 Å². The molecule has 0 aromatic heterocycles. The van der Waals surface area contributed by atoms with Crippen LogP contribution in [-0.4, -0.2) is 11.9 Å². The van der Waals surface area contributed by atoms with Crippen molar-refractivity contribution in [2.75, 3.05) is 0 Å². The highest BCUT2D eigenvalue weighted by Gasteiger charge is 2.24. The molecule has 0 saturated heterocycles. The highest BCUT2D eigenvalue weighted by molar-refractivity contribution is 6.35. The van der Waals surface area contributed by atoms with Crippen LogP contribution in [-0.2, 0) is 4.79 Å². The number of benzene rings is 3. The molecule has 1 atom stereocenters. The molecule has 3 aromatic carbocycles. The van der Waals surface area contributed by atoms with Gasteiger partial charge in [-0.15, -0.1) is 0 Å². The predicted octanol–water partition coefficient (Wildman–Crippen LogP) is 3.81. The third kappa shape index (κ3) is 3.72.